The number of aliphatic hydroxyl groups is 1. The van der Waals surface area contributed by atoms with Crippen LogP contribution in [0.25, 0.3) is 11.0 Å². The van der Waals surface area contributed by atoms with Gasteiger partial charge < -0.3 is 10.4 Å². The predicted octanol–water partition coefficient (Wildman–Crippen LogP) is 0.953. The number of hydrogen-bond acceptors (Lipinski definition) is 5. The first kappa shape index (κ1) is 11.4. The van der Waals surface area contributed by atoms with Crippen LogP contribution in [-0.4, -0.2) is 38.0 Å². The number of nitrogens with one attached hydrogen (secondary N) is 1. The van der Waals surface area contributed by atoms with Crippen molar-refractivity contribution in [1.29, 1.82) is 0 Å². The monoisotopic (exact) mass is 247 g/mol. The van der Waals surface area contributed by atoms with Gasteiger partial charge >= 0.3 is 0 Å². The minimum atomic E-state index is 0.0844. The number of aliphatic hydroxyl groups excluding tert-OH is 1. The van der Waals surface area contributed by atoms with Crippen molar-refractivity contribution >= 4 is 16.9 Å². The summed E-state index contributed by atoms with van der Waals surface area (Å²) in [7, 11) is 1.89. The third-order valence-corrected chi connectivity index (χ3v) is 3.21. The van der Waals surface area contributed by atoms with Gasteiger partial charge in [-0.25, -0.2) is 9.97 Å². The van der Waals surface area contributed by atoms with E-state index in [0.717, 1.165) is 28.4 Å². The van der Waals surface area contributed by atoms with Gasteiger partial charge in [-0.15, -0.1) is 0 Å². The SMILES string of the molecule is Cc1nn(C)c2c(NCCO)nc(C3CC3)nc12. The highest BCUT2D eigenvalue weighted by Crippen LogP contribution is 2.39. The maximum absolute atomic E-state index is 8.94. The topological polar surface area (TPSA) is 75.9 Å². The molecule has 2 N–H and O–H groups in total. The highest BCUT2D eigenvalue weighted by atomic mass is 16.3. The zero-order valence-electron chi connectivity index (χ0n) is 10.6. The lowest BCUT2D eigenvalue weighted by Gasteiger charge is -2.08. The summed E-state index contributed by atoms with van der Waals surface area (Å²) in [5, 5.41) is 16.5. The van der Waals surface area contributed by atoms with Crippen molar-refractivity contribution in [3.8, 4) is 0 Å². The summed E-state index contributed by atoms with van der Waals surface area (Å²) in [5.74, 6) is 2.18. The molecule has 1 fully saturated rings. The molecule has 0 amide bonds. The average molecular weight is 247 g/mol. The summed E-state index contributed by atoms with van der Waals surface area (Å²) in [5.41, 5.74) is 2.74. The summed E-state index contributed by atoms with van der Waals surface area (Å²) in [4.78, 5) is 9.21. The molecule has 2 aromatic rings. The number of nitrogens with zero attached hydrogens (tertiary/aromatic N) is 4. The van der Waals surface area contributed by atoms with E-state index in [2.05, 4.69) is 20.4 Å². The van der Waals surface area contributed by atoms with Gasteiger partial charge in [-0.2, -0.15) is 5.10 Å². The second-order valence-corrected chi connectivity index (χ2v) is 4.76. The first-order chi connectivity index (χ1) is 8.70. The fourth-order valence-corrected chi connectivity index (χ4v) is 2.17. The quantitative estimate of drug-likeness (QED) is 0.841. The highest BCUT2D eigenvalue weighted by Gasteiger charge is 2.28. The normalized spacial score (nSPS) is 15.3. The van der Waals surface area contributed by atoms with E-state index in [1.807, 2.05) is 14.0 Å². The van der Waals surface area contributed by atoms with E-state index in [0.29, 0.717) is 12.5 Å². The molecule has 1 aliphatic rings. The lowest BCUT2D eigenvalue weighted by molar-refractivity contribution is 0.311. The maximum Gasteiger partial charge on any atom is 0.156 e. The van der Waals surface area contributed by atoms with Crippen LogP contribution in [0.15, 0.2) is 0 Å². The molecule has 18 heavy (non-hydrogen) atoms. The van der Waals surface area contributed by atoms with Crippen LogP contribution in [0.2, 0.25) is 0 Å². The second-order valence-electron chi connectivity index (χ2n) is 4.76. The van der Waals surface area contributed by atoms with Crippen LogP contribution in [0, 0.1) is 6.92 Å². The molecule has 2 aromatic heterocycles. The van der Waals surface area contributed by atoms with Crippen LogP contribution in [-0.2, 0) is 7.05 Å². The highest BCUT2D eigenvalue weighted by molar-refractivity contribution is 5.87. The van der Waals surface area contributed by atoms with E-state index in [4.69, 9.17) is 5.11 Å². The summed E-state index contributed by atoms with van der Waals surface area (Å²) in [6.45, 7) is 2.53. The fraction of sp³-hybridized carbons (Fsp3) is 0.583. The van der Waals surface area contributed by atoms with Gasteiger partial charge in [0.1, 0.15) is 16.9 Å². The van der Waals surface area contributed by atoms with Gasteiger partial charge in [-0.1, -0.05) is 0 Å². The van der Waals surface area contributed by atoms with Crippen molar-refractivity contribution in [2.24, 2.45) is 7.05 Å². The molecular weight excluding hydrogens is 230 g/mol. The van der Waals surface area contributed by atoms with Gasteiger partial charge in [0.25, 0.3) is 0 Å². The third kappa shape index (κ3) is 1.82. The van der Waals surface area contributed by atoms with Gasteiger partial charge in [0.2, 0.25) is 0 Å². The number of fused-ring (bicyclic) bond motifs is 1. The molecule has 1 aliphatic carbocycles. The average Bonchev–Trinajstić information content (AvgIpc) is 3.15. The fourth-order valence-electron chi connectivity index (χ4n) is 2.17. The Morgan fingerprint density at radius 2 is 2.17 bits per heavy atom. The van der Waals surface area contributed by atoms with E-state index in [1.165, 1.54) is 12.8 Å². The zero-order chi connectivity index (χ0) is 12.7. The Morgan fingerprint density at radius 3 is 2.83 bits per heavy atom. The molecular formula is C12H17N5O. The maximum atomic E-state index is 8.94. The van der Waals surface area contributed by atoms with E-state index in [-0.39, 0.29) is 6.61 Å². The molecule has 6 heteroatoms. The zero-order valence-corrected chi connectivity index (χ0v) is 10.6. The second kappa shape index (κ2) is 4.20. The Bertz CT molecular complexity index is 588. The van der Waals surface area contributed by atoms with Gasteiger partial charge in [-0.3, -0.25) is 4.68 Å². The van der Waals surface area contributed by atoms with Crippen LogP contribution in [0.3, 0.4) is 0 Å². The third-order valence-electron chi connectivity index (χ3n) is 3.21. The van der Waals surface area contributed by atoms with Crippen molar-refractivity contribution in [3.63, 3.8) is 0 Å². The van der Waals surface area contributed by atoms with Crippen LogP contribution < -0.4 is 5.32 Å². The summed E-state index contributed by atoms with van der Waals surface area (Å²) in [6, 6.07) is 0. The van der Waals surface area contributed by atoms with Crippen molar-refractivity contribution in [2.75, 3.05) is 18.5 Å². The van der Waals surface area contributed by atoms with Crippen molar-refractivity contribution < 1.29 is 5.11 Å². The minimum absolute atomic E-state index is 0.0844. The lowest BCUT2D eigenvalue weighted by Crippen LogP contribution is -2.10. The van der Waals surface area contributed by atoms with E-state index in [9.17, 15) is 0 Å². The van der Waals surface area contributed by atoms with Crippen LogP contribution in [0.4, 0.5) is 5.82 Å². The van der Waals surface area contributed by atoms with Crippen LogP contribution in [0.5, 0.6) is 0 Å². The van der Waals surface area contributed by atoms with Gasteiger partial charge in [0, 0.05) is 19.5 Å². The number of anilines is 1. The Labute approximate surface area is 105 Å². The molecule has 2 heterocycles. The van der Waals surface area contributed by atoms with Crippen LogP contribution >= 0.6 is 0 Å². The number of rotatable bonds is 4. The largest absolute Gasteiger partial charge is 0.395 e. The Kier molecular flexibility index (Phi) is 2.66. The molecule has 0 aromatic carbocycles. The Morgan fingerprint density at radius 1 is 1.39 bits per heavy atom. The molecule has 0 radical (unpaired) electrons. The molecule has 0 aliphatic heterocycles. The lowest BCUT2D eigenvalue weighted by atomic mass is 10.3. The summed E-state index contributed by atoms with van der Waals surface area (Å²) < 4.78 is 1.79. The number of hydrogen-bond donors (Lipinski definition) is 2. The summed E-state index contributed by atoms with van der Waals surface area (Å²) >= 11 is 0. The first-order valence-corrected chi connectivity index (χ1v) is 6.26. The smallest absolute Gasteiger partial charge is 0.156 e. The van der Waals surface area contributed by atoms with Crippen molar-refractivity contribution in [3.05, 3.63) is 11.5 Å². The summed E-state index contributed by atoms with van der Waals surface area (Å²) in [6.07, 6.45) is 2.34. The molecule has 6 nitrogen and oxygen atoms in total. The van der Waals surface area contributed by atoms with Gasteiger partial charge in [0.05, 0.1) is 12.3 Å². The molecule has 0 unspecified atom stereocenters. The molecule has 0 bridgehead atoms. The van der Waals surface area contributed by atoms with Gasteiger partial charge in [0.15, 0.2) is 5.82 Å². The first-order valence-electron chi connectivity index (χ1n) is 6.26. The van der Waals surface area contributed by atoms with E-state index in [1.54, 1.807) is 4.68 Å². The molecule has 1 saturated carbocycles. The van der Waals surface area contributed by atoms with E-state index >= 15 is 0 Å². The molecule has 0 saturated heterocycles. The van der Waals surface area contributed by atoms with Crippen molar-refractivity contribution in [2.45, 2.75) is 25.7 Å². The molecule has 96 valence electrons. The number of aryl methyl sites for hydroxylation is 2. The molecule has 0 spiro atoms. The standard InChI is InChI=1S/C12H17N5O/c1-7-9-10(17(2)16-7)12(13-5-6-18)15-11(14-9)8-3-4-8/h8,18H,3-6H2,1-2H3,(H,13,14,15). The molecule has 0 atom stereocenters. The van der Waals surface area contributed by atoms with Crippen LogP contribution in [0.1, 0.15) is 30.3 Å². The minimum Gasteiger partial charge on any atom is -0.395 e. The Hall–Kier alpha value is -1.69. The van der Waals surface area contributed by atoms with E-state index < -0.39 is 0 Å². The Balaban J connectivity index is 2.15. The van der Waals surface area contributed by atoms with Gasteiger partial charge in [-0.05, 0) is 19.8 Å². The molecule has 3 rings (SSSR count). The van der Waals surface area contributed by atoms with Crippen molar-refractivity contribution in [1.82, 2.24) is 19.7 Å². The number of aromatic nitrogens is 4. The predicted molar refractivity (Wildman–Crippen MR) is 68.6 cm³/mol.